The number of carbonyl (C=O) groups is 1. The van der Waals surface area contributed by atoms with Crippen molar-refractivity contribution < 1.29 is 18.7 Å². The third kappa shape index (κ3) is 2.27. The van der Waals surface area contributed by atoms with Gasteiger partial charge in [0, 0.05) is 12.0 Å². The SMILES string of the molecule is O=C(O)c1n[nH]c(Cc2c(F)cccc2F)n1. The van der Waals surface area contributed by atoms with Gasteiger partial charge < -0.3 is 5.11 Å². The lowest BCUT2D eigenvalue weighted by Gasteiger charge is -2.01. The van der Waals surface area contributed by atoms with Crippen LogP contribution in [0.5, 0.6) is 0 Å². The Bertz CT molecular complexity index is 548. The van der Waals surface area contributed by atoms with Crippen molar-refractivity contribution in [2.24, 2.45) is 0 Å². The molecule has 1 aromatic heterocycles. The van der Waals surface area contributed by atoms with Gasteiger partial charge in [-0.2, -0.15) is 0 Å². The van der Waals surface area contributed by atoms with E-state index in [0.29, 0.717) is 0 Å². The molecule has 0 saturated carbocycles. The minimum atomic E-state index is -1.30. The Labute approximate surface area is 94.1 Å². The molecule has 2 N–H and O–H groups in total. The van der Waals surface area contributed by atoms with E-state index in [1.807, 2.05) is 0 Å². The topological polar surface area (TPSA) is 78.9 Å². The number of H-pyrrole nitrogens is 1. The van der Waals surface area contributed by atoms with Crippen LogP contribution >= 0.6 is 0 Å². The molecule has 0 aliphatic rings. The van der Waals surface area contributed by atoms with Crippen molar-refractivity contribution in [3.8, 4) is 0 Å². The summed E-state index contributed by atoms with van der Waals surface area (Å²) in [4.78, 5) is 14.1. The van der Waals surface area contributed by atoms with E-state index < -0.39 is 23.4 Å². The molecular weight excluding hydrogens is 232 g/mol. The average molecular weight is 239 g/mol. The number of hydrogen-bond donors (Lipinski definition) is 2. The fraction of sp³-hybridized carbons (Fsp3) is 0.100. The second kappa shape index (κ2) is 4.28. The van der Waals surface area contributed by atoms with Crippen molar-refractivity contribution in [1.29, 1.82) is 0 Å². The van der Waals surface area contributed by atoms with Crippen LogP contribution in [0.15, 0.2) is 18.2 Å². The van der Waals surface area contributed by atoms with Crippen molar-refractivity contribution in [3.05, 3.63) is 47.0 Å². The van der Waals surface area contributed by atoms with Crippen molar-refractivity contribution in [1.82, 2.24) is 15.2 Å². The van der Waals surface area contributed by atoms with Gasteiger partial charge in [0.15, 0.2) is 0 Å². The molecule has 88 valence electrons. The molecule has 0 saturated heterocycles. The number of rotatable bonds is 3. The molecule has 1 aromatic carbocycles. The number of benzene rings is 1. The fourth-order valence-corrected chi connectivity index (χ4v) is 1.34. The van der Waals surface area contributed by atoms with Crippen LogP contribution in [0.4, 0.5) is 8.78 Å². The molecule has 0 spiro atoms. The van der Waals surface area contributed by atoms with Crippen LogP contribution in [-0.2, 0) is 6.42 Å². The largest absolute Gasteiger partial charge is 0.475 e. The van der Waals surface area contributed by atoms with Crippen molar-refractivity contribution in [3.63, 3.8) is 0 Å². The number of halogens is 2. The molecule has 0 aliphatic heterocycles. The van der Waals surface area contributed by atoms with E-state index in [2.05, 4.69) is 15.2 Å². The Morgan fingerprint density at radius 3 is 2.53 bits per heavy atom. The van der Waals surface area contributed by atoms with Crippen LogP contribution in [-0.4, -0.2) is 26.3 Å². The molecule has 2 rings (SSSR count). The molecule has 2 aromatic rings. The lowest BCUT2D eigenvalue weighted by Crippen LogP contribution is -2.00. The first-order valence-corrected chi connectivity index (χ1v) is 4.65. The molecule has 0 bridgehead atoms. The Morgan fingerprint density at radius 1 is 1.35 bits per heavy atom. The van der Waals surface area contributed by atoms with Gasteiger partial charge in [-0.3, -0.25) is 5.10 Å². The first-order chi connectivity index (χ1) is 8.08. The predicted octanol–water partition coefficient (Wildman–Crippen LogP) is 1.37. The van der Waals surface area contributed by atoms with Crippen LogP contribution in [0.2, 0.25) is 0 Å². The lowest BCUT2D eigenvalue weighted by atomic mass is 10.1. The van der Waals surface area contributed by atoms with E-state index in [4.69, 9.17) is 5.11 Å². The van der Waals surface area contributed by atoms with Gasteiger partial charge >= 0.3 is 5.97 Å². The zero-order valence-electron chi connectivity index (χ0n) is 8.44. The maximum Gasteiger partial charge on any atom is 0.375 e. The number of nitrogens with zero attached hydrogens (tertiary/aromatic N) is 2. The molecule has 0 radical (unpaired) electrons. The van der Waals surface area contributed by atoms with Gasteiger partial charge in [0.05, 0.1) is 0 Å². The Kier molecular flexibility index (Phi) is 2.82. The second-order valence-electron chi connectivity index (χ2n) is 3.29. The van der Waals surface area contributed by atoms with Gasteiger partial charge in [-0.15, -0.1) is 5.10 Å². The van der Waals surface area contributed by atoms with E-state index in [9.17, 15) is 13.6 Å². The van der Waals surface area contributed by atoms with Crippen LogP contribution in [0.3, 0.4) is 0 Å². The zero-order valence-corrected chi connectivity index (χ0v) is 8.44. The van der Waals surface area contributed by atoms with Gasteiger partial charge in [-0.05, 0) is 12.1 Å². The molecule has 5 nitrogen and oxygen atoms in total. The number of carboxylic acid groups (broad SMARTS) is 1. The van der Waals surface area contributed by atoms with Crippen molar-refractivity contribution in [2.75, 3.05) is 0 Å². The summed E-state index contributed by atoms with van der Waals surface area (Å²) in [5.74, 6) is -3.07. The minimum absolute atomic E-state index is 0.0893. The van der Waals surface area contributed by atoms with E-state index in [0.717, 1.165) is 12.1 Å². The zero-order chi connectivity index (χ0) is 12.4. The summed E-state index contributed by atoms with van der Waals surface area (Å²) in [7, 11) is 0. The quantitative estimate of drug-likeness (QED) is 0.847. The molecule has 17 heavy (non-hydrogen) atoms. The first-order valence-electron chi connectivity index (χ1n) is 4.65. The summed E-state index contributed by atoms with van der Waals surface area (Å²) < 4.78 is 26.6. The monoisotopic (exact) mass is 239 g/mol. The highest BCUT2D eigenvalue weighted by atomic mass is 19.1. The predicted molar refractivity (Wildman–Crippen MR) is 52.5 cm³/mol. The summed E-state index contributed by atoms with van der Waals surface area (Å²) in [5, 5.41) is 14.3. The fourth-order valence-electron chi connectivity index (χ4n) is 1.34. The molecule has 7 heteroatoms. The van der Waals surface area contributed by atoms with E-state index in [1.54, 1.807) is 0 Å². The number of carboxylic acids is 1. The molecule has 0 atom stereocenters. The van der Waals surface area contributed by atoms with Gasteiger partial charge in [0.1, 0.15) is 17.5 Å². The number of aromatic amines is 1. The Hall–Kier alpha value is -2.31. The summed E-state index contributed by atoms with van der Waals surface area (Å²) in [5.41, 5.74) is -0.180. The van der Waals surface area contributed by atoms with Gasteiger partial charge in [0.2, 0.25) is 0 Å². The van der Waals surface area contributed by atoms with Crippen molar-refractivity contribution >= 4 is 5.97 Å². The molecule has 0 amide bonds. The number of aromatic nitrogens is 3. The van der Waals surface area contributed by atoms with E-state index >= 15 is 0 Å². The number of hydrogen-bond acceptors (Lipinski definition) is 3. The normalized spacial score (nSPS) is 10.5. The molecule has 1 heterocycles. The van der Waals surface area contributed by atoms with Crippen LogP contribution in [0.25, 0.3) is 0 Å². The average Bonchev–Trinajstić information content (AvgIpc) is 2.72. The number of nitrogens with one attached hydrogen (secondary N) is 1. The number of aromatic carboxylic acids is 1. The van der Waals surface area contributed by atoms with Gasteiger partial charge in [-0.25, -0.2) is 18.6 Å². The summed E-state index contributed by atoms with van der Waals surface area (Å²) >= 11 is 0. The third-order valence-corrected chi connectivity index (χ3v) is 2.13. The van der Waals surface area contributed by atoms with Crippen LogP contribution in [0.1, 0.15) is 22.0 Å². The third-order valence-electron chi connectivity index (χ3n) is 2.13. The second-order valence-corrected chi connectivity index (χ2v) is 3.29. The van der Waals surface area contributed by atoms with Crippen molar-refractivity contribution in [2.45, 2.75) is 6.42 Å². The highest BCUT2D eigenvalue weighted by Crippen LogP contribution is 2.14. The molecule has 0 fully saturated rings. The lowest BCUT2D eigenvalue weighted by molar-refractivity contribution is 0.0684. The molecular formula is C10H7F2N3O2. The molecule has 0 unspecified atom stereocenters. The first kappa shape index (κ1) is 11.2. The standard InChI is InChI=1S/C10H7F2N3O2/c11-6-2-1-3-7(12)5(6)4-8-13-9(10(16)17)15-14-8/h1-3H,4H2,(H,16,17)(H,13,14,15). The van der Waals surface area contributed by atoms with Crippen LogP contribution in [0, 0.1) is 11.6 Å². The maximum atomic E-state index is 13.3. The summed E-state index contributed by atoms with van der Waals surface area (Å²) in [6.45, 7) is 0. The maximum absolute atomic E-state index is 13.3. The van der Waals surface area contributed by atoms with Gasteiger partial charge in [0.25, 0.3) is 5.82 Å². The Morgan fingerprint density at radius 2 is 2.00 bits per heavy atom. The smallest absolute Gasteiger partial charge is 0.375 e. The highest BCUT2D eigenvalue weighted by molar-refractivity contribution is 5.82. The van der Waals surface area contributed by atoms with E-state index in [-0.39, 0.29) is 17.8 Å². The Balaban J connectivity index is 2.28. The highest BCUT2D eigenvalue weighted by Gasteiger charge is 2.14. The molecule has 0 aliphatic carbocycles. The van der Waals surface area contributed by atoms with E-state index in [1.165, 1.54) is 6.07 Å². The summed E-state index contributed by atoms with van der Waals surface area (Å²) in [6, 6.07) is 3.48. The van der Waals surface area contributed by atoms with Crippen LogP contribution < -0.4 is 0 Å². The summed E-state index contributed by atoms with van der Waals surface area (Å²) in [6.07, 6.45) is -0.182. The minimum Gasteiger partial charge on any atom is -0.475 e. The van der Waals surface area contributed by atoms with Gasteiger partial charge in [-0.1, -0.05) is 6.07 Å².